The minimum absolute atomic E-state index is 0.0554. The van der Waals surface area contributed by atoms with Crippen LogP contribution in [0.5, 0.6) is 5.95 Å². The predicted molar refractivity (Wildman–Crippen MR) is 134 cm³/mol. The summed E-state index contributed by atoms with van der Waals surface area (Å²) in [5.41, 5.74) is -0.575. The number of hydrogen-bond donors (Lipinski definition) is 2. The van der Waals surface area contributed by atoms with Gasteiger partial charge in [0.1, 0.15) is 11.3 Å². The summed E-state index contributed by atoms with van der Waals surface area (Å²) in [6.07, 6.45) is 4.31. The van der Waals surface area contributed by atoms with Crippen LogP contribution in [-0.2, 0) is 11.2 Å². The number of aryl methyl sites for hydroxylation is 1. The number of allylic oxidation sites excluding steroid dienone is 1. The van der Waals surface area contributed by atoms with Gasteiger partial charge in [0.15, 0.2) is 0 Å². The Morgan fingerprint density at radius 3 is 2.49 bits per heavy atom. The first-order chi connectivity index (χ1) is 16.2. The van der Waals surface area contributed by atoms with Crippen molar-refractivity contribution in [1.29, 1.82) is 0 Å². The van der Waals surface area contributed by atoms with Crippen LogP contribution < -0.4 is 10.2 Å². The second kappa shape index (κ2) is 9.74. The van der Waals surface area contributed by atoms with Gasteiger partial charge in [-0.2, -0.15) is 0 Å². The van der Waals surface area contributed by atoms with Crippen LogP contribution in [0.15, 0.2) is 21.4 Å². The van der Waals surface area contributed by atoms with Gasteiger partial charge in [-0.15, -0.1) is 0 Å². The number of rotatable bonds is 7. The van der Waals surface area contributed by atoms with Gasteiger partial charge in [0.25, 0.3) is 5.95 Å². The van der Waals surface area contributed by atoms with Crippen molar-refractivity contribution in [3.8, 4) is 5.95 Å². The largest absolute Gasteiger partial charge is 0.468 e. The van der Waals surface area contributed by atoms with Crippen molar-refractivity contribution in [3.05, 3.63) is 39.3 Å². The predicted octanol–water partition coefficient (Wildman–Crippen LogP) is 4.59. The second-order valence-corrected chi connectivity index (χ2v) is 11.7. The van der Waals surface area contributed by atoms with Crippen molar-refractivity contribution in [2.45, 2.75) is 91.3 Å². The number of methoxy groups -OCH3 is 2. The molecule has 2 aliphatic rings. The average molecular weight is 491 g/mol. The number of ether oxygens (including phenoxy) is 2. The number of hydrogen-bond acceptors (Lipinski definition) is 7. The second-order valence-electron chi connectivity index (χ2n) is 11.7. The third-order valence-corrected chi connectivity index (χ3v) is 8.96. The van der Waals surface area contributed by atoms with Crippen LogP contribution in [0.1, 0.15) is 87.9 Å². The van der Waals surface area contributed by atoms with Gasteiger partial charge in [0.2, 0.25) is 5.43 Å². The van der Waals surface area contributed by atoms with E-state index in [9.17, 15) is 19.8 Å². The van der Waals surface area contributed by atoms with Crippen molar-refractivity contribution in [1.82, 2.24) is 0 Å². The molecule has 1 aromatic rings. The fourth-order valence-electron chi connectivity index (χ4n) is 6.82. The lowest BCUT2D eigenvalue weighted by Crippen LogP contribution is -2.56. The molecule has 0 saturated heterocycles. The molecule has 2 unspecified atom stereocenters. The van der Waals surface area contributed by atoms with E-state index in [0.717, 1.165) is 24.8 Å². The highest BCUT2D eigenvalue weighted by atomic mass is 16.6. The van der Waals surface area contributed by atoms with E-state index in [1.54, 1.807) is 20.8 Å². The van der Waals surface area contributed by atoms with Crippen molar-refractivity contribution in [3.63, 3.8) is 0 Å². The van der Waals surface area contributed by atoms with Gasteiger partial charge in [-0.25, -0.2) is 4.79 Å². The first kappa shape index (κ1) is 27.5. The number of esters is 1. The summed E-state index contributed by atoms with van der Waals surface area (Å²) in [6.45, 7) is 13.9. The maximum Gasteiger partial charge on any atom is 0.345 e. The maximum atomic E-state index is 13.5. The van der Waals surface area contributed by atoms with Crippen LogP contribution in [0.4, 0.5) is 0 Å². The van der Waals surface area contributed by atoms with Crippen molar-refractivity contribution in [2.75, 3.05) is 14.2 Å². The average Bonchev–Trinajstić information content (AvgIpc) is 2.78. The van der Waals surface area contributed by atoms with Crippen LogP contribution >= 0.6 is 0 Å². The molecule has 0 spiro atoms. The molecular formula is C28H42O7. The van der Waals surface area contributed by atoms with Crippen molar-refractivity contribution in [2.24, 2.45) is 22.7 Å². The summed E-state index contributed by atoms with van der Waals surface area (Å²) in [5, 5.41) is 21.6. The Bertz CT molecular complexity index is 1030. The zero-order valence-electron chi connectivity index (χ0n) is 22.3. The first-order valence-electron chi connectivity index (χ1n) is 12.6. The van der Waals surface area contributed by atoms with E-state index >= 15 is 0 Å². The molecule has 2 aliphatic carbocycles. The molecule has 2 N–H and O–H groups in total. The van der Waals surface area contributed by atoms with Crippen LogP contribution in [0.2, 0.25) is 0 Å². The highest BCUT2D eigenvalue weighted by Gasteiger charge is 2.57. The molecule has 0 amide bonds. The quantitative estimate of drug-likeness (QED) is 0.425. The Kier molecular flexibility index (Phi) is 7.64. The molecule has 5 atom stereocenters. The topological polar surface area (TPSA) is 106 Å². The number of aliphatic hydroxyl groups is 2. The van der Waals surface area contributed by atoms with E-state index < -0.39 is 23.1 Å². The molecule has 0 bridgehead atoms. The zero-order chi connectivity index (χ0) is 26.3. The molecule has 0 aliphatic heterocycles. The lowest BCUT2D eigenvalue weighted by Gasteiger charge is -2.60. The molecule has 3 rings (SSSR count). The minimum Gasteiger partial charge on any atom is -0.468 e. The third-order valence-electron chi connectivity index (χ3n) is 8.96. The van der Waals surface area contributed by atoms with Crippen LogP contribution in [0.3, 0.4) is 0 Å². The molecule has 2 fully saturated rings. The van der Waals surface area contributed by atoms with E-state index in [-0.39, 0.29) is 39.9 Å². The Labute approximate surface area is 208 Å². The molecule has 0 aromatic carbocycles. The fourth-order valence-corrected chi connectivity index (χ4v) is 6.82. The van der Waals surface area contributed by atoms with E-state index in [1.807, 2.05) is 0 Å². The normalized spacial score (nSPS) is 31.1. The monoisotopic (exact) mass is 490 g/mol. The molecule has 0 radical (unpaired) electrons. The number of aliphatic hydroxyl groups excluding tert-OH is 1. The van der Waals surface area contributed by atoms with Gasteiger partial charge >= 0.3 is 5.97 Å². The molecular weight excluding hydrogens is 448 g/mol. The number of carbonyl (C=O) groups is 1. The number of fused-ring (bicyclic) bond motifs is 1. The van der Waals surface area contributed by atoms with Gasteiger partial charge in [-0.3, -0.25) is 4.79 Å². The number of carbonyl (C=O) groups excluding carboxylic acids is 1. The lowest BCUT2D eigenvalue weighted by atomic mass is 9.45. The maximum absolute atomic E-state index is 13.5. The zero-order valence-corrected chi connectivity index (χ0v) is 22.3. The van der Waals surface area contributed by atoms with Crippen LogP contribution in [0, 0.1) is 29.6 Å². The SMILES string of the molecule is C=C1CCC2[C@@](C)(CCC(C)(C)O)C(O)CC[C@]2(C)[C@@H]1Cc1c(OC)oc(C)c(C(=O)OC)c1=O. The fraction of sp³-hybridized carbons (Fsp3) is 0.714. The standard InChI is InChI=1S/C28H42O7/c1-16-9-10-20-27(5,12-11-21(29)28(20,6)14-13-26(3,4)32)19(16)15-18-23(30)22(24(31)33-7)17(2)35-25(18)34-8/h19-21,29,32H,1,9-15H2,2-8H3/t19-,20?,21?,27-,28-/m1/s1. The molecule has 2 saturated carbocycles. The van der Waals surface area contributed by atoms with Crippen molar-refractivity contribution >= 4 is 5.97 Å². The smallest absolute Gasteiger partial charge is 0.345 e. The first-order valence-corrected chi connectivity index (χ1v) is 12.6. The van der Waals surface area contributed by atoms with Gasteiger partial charge in [-0.1, -0.05) is 26.0 Å². The van der Waals surface area contributed by atoms with Gasteiger partial charge in [-0.05, 0) is 88.4 Å². The van der Waals surface area contributed by atoms with Gasteiger partial charge < -0.3 is 24.1 Å². The summed E-state index contributed by atoms with van der Waals surface area (Å²) >= 11 is 0. The summed E-state index contributed by atoms with van der Waals surface area (Å²) in [5.74, 6) is -0.333. The molecule has 7 nitrogen and oxygen atoms in total. The molecule has 35 heavy (non-hydrogen) atoms. The van der Waals surface area contributed by atoms with Crippen molar-refractivity contribution < 1.29 is 28.9 Å². The summed E-state index contributed by atoms with van der Waals surface area (Å²) in [4.78, 5) is 25.8. The Morgan fingerprint density at radius 1 is 1.26 bits per heavy atom. The van der Waals surface area contributed by atoms with Crippen LogP contribution in [0.25, 0.3) is 0 Å². The Balaban J connectivity index is 2.06. The highest BCUT2D eigenvalue weighted by molar-refractivity contribution is 5.90. The molecule has 1 aromatic heterocycles. The summed E-state index contributed by atoms with van der Waals surface area (Å²) in [7, 11) is 2.69. The Morgan fingerprint density at radius 2 is 1.91 bits per heavy atom. The Hall–Kier alpha value is -2.12. The van der Waals surface area contributed by atoms with E-state index in [2.05, 4.69) is 20.4 Å². The molecule has 196 valence electrons. The minimum atomic E-state index is -0.813. The van der Waals surface area contributed by atoms with E-state index in [1.165, 1.54) is 14.2 Å². The van der Waals surface area contributed by atoms with E-state index in [0.29, 0.717) is 31.2 Å². The molecule has 1 heterocycles. The summed E-state index contributed by atoms with van der Waals surface area (Å²) in [6, 6.07) is 0. The molecule has 7 heteroatoms. The van der Waals surface area contributed by atoms with Gasteiger partial charge in [0, 0.05) is 0 Å². The lowest BCUT2D eigenvalue weighted by molar-refractivity contribution is -0.142. The van der Waals surface area contributed by atoms with E-state index in [4.69, 9.17) is 13.9 Å². The summed E-state index contributed by atoms with van der Waals surface area (Å²) < 4.78 is 16.0. The van der Waals surface area contributed by atoms with Crippen LogP contribution in [-0.4, -0.2) is 42.1 Å². The van der Waals surface area contributed by atoms with Gasteiger partial charge in [0.05, 0.1) is 31.5 Å². The highest BCUT2D eigenvalue weighted by Crippen LogP contribution is 2.63. The third kappa shape index (κ3) is 4.94.